The maximum Gasteiger partial charge on any atom is 0.274 e. The van der Waals surface area contributed by atoms with E-state index in [1.165, 1.54) is 19.0 Å². The molecule has 3 N–H and O–H groups in total. The van der Waals surface area contributed by atoms with E-state index in [0.717, 1.165) is 38.3 Å². The number of aromatic amines is 1. The number of halogens is 2. The molecule has 2 aromatic heterocycles. The van der Waals surface area contributed by atoms with Gasteiger partial charge in [0.25, 0.3) is 11.8 Å². The van der Waals surface area contributed by atoms with Gasteiger partial charge in [0, 0.05) is 63.2 Å². The molecule has 1 saturated heterocycles. The molecule has 5 rings (SSSR count). The Morgan fingerprint density at radius 3 is 2.85 bits per heavy atom. The van der Waals surface area contributed by atoms with Crippen LogP contribution in [0.2, 0.25) is 0 Å². The van der Waals surface area contributed by atoms with Gasteiger partial charge in [-0.3, -0.25) is 4.79 Å². The Kier molecular flexibility index (Phi) is 6.05. The monoisotopic (exact) mass is 474 g/mol. The molecular formula is C24H32F2N6O2. The molecule has 10 heteroatoms. The van der Waals surface area contributed by atoms with Crippen LogP contribution in [0.15, 0.2) is 12.4 Å². The lowest BCUT2D eigenvalue weighted by Gasteiger charge is -2.30. The number of methoxy groups -OCH3 is 1. The average molecular weight is 475 g/mol. The molecule has 8 nitrogen and oxygen atoms in total. The number of amides is 1. The van der Waals surface area contributed by atoms with Gasteiger partial charge in [-0.25, -0.2) is 18.7 Å². The molecule has 2 aromatic rings. The molecule has 2 aliphatic heterocycles. The maximum absolute atomic E-state index is 14.6. The van der Waals surface area contributed by atoms with E-state index in [1.54, 1.807) is 18.2 Å². The summed E-state index contributed by atoms with van der Waals surface area (Å²) in [6.07, 6.45) is 8.70. The Morgan fingerprint density at radius 1 is 1.35 bits per heavy atom. The molecule has 1 aliphatic carbocycles. The summed E-state index contributed by atoms with van der Waals surface area (Å²) in [6, 6.07) is 0.145. The number of piperidine rings is 1. The summed E-state index contributed by atoms with van der Waals surface area (Å²) >= 11 is 0. The molecule has 0 radical (unpaired) electrons. The van der Waals surface area contributed by atoms with Crippen LogP contribution in [0.3, 0.4) is 0 Å². The Hall–Kier alpha value is -2.59. The summed E-state index contributed by atoms with van der Waals surface area (Å²) in [6.45, 7) is 3.17. The van der Waals surface area contributed by atoms with Crippen LogP contribution in [0.1, 0.15) is 60.6 Å². The van der Waals surface area contributed by atoms with Crippen molar-refractivity contribution in [3.8, 4) is 11.3 Å². The van der Waals surface area contributed by atoms with Crippen LogP contribution in [0.4, 0.5) is 14.7 Å². The molecule has 4 heterocycles. The summed E-state index contributed by atoms with van der Waals surface area (Å²) in [5.74, 6) is -2.93. The number of nitrogens with zero attached hydrogens (tertiary/aromatic N) is 3. The molecule has 0 bridgehead atoms. The number of fused-ring (bicyclic) bond motifs is 1. The molecule has 1 unspecified atom stereocenters. The van der Waals surface area contributed by atoms with Gasteiger partial charge in [-0.2, -0.15) is 0 Å². The van der Waals surface area contributed by atoms with Crippen molar-refractivity contribution in [3.63, 3.8) is 0 Å². The van der Waals surface area contributed by atoms with Crippen LogP contribution < -0.4 is 10.6 Å². The van der Waals surface area contributed by atoms with Crippen molar-refractivity contribution in [2.24, 2.45) is 0 Å². The van der Waals surface area contributed by atoms with E-state index in [9.17, 15) is 13.6 Å². The molecule has 1 amide bonds. The van der Waals surface area contributed by atoms with Crippen LogP contribution in [-0.2, 0) is 17.1 Å². The van der Waals surface area contributed by atoms with E-state index in [4.69, 9.17) is 4.74 Å². The van der Waals surface area contributed by atoms with Crippen LogP contribution in [0.5, 0.6) is 0 Å². The fourth-order valence-electron chi connectivity index (χ4n) is 5.08. The van der Waals surface area contributed by atoms with E-state index in [2.05, 4.69) is 25.6 Å². The highest BCUT2D eigenvalue weighted by atomic mass is 19.3. The van der Waals surface area contributed by atoms with E-state index >= 15 is 0 Å². The van der Waals surface area contributed by atoms with Crippen LogP contribution in [0, 0.1) is 0 Å². The minimum Gasteiger partial charge on any atom is -0.383 e. The number of aromatic nitrogens is 3. The molecule has 2 fully saturated rings. The molecule has 0 aromatic carbocycles. The average Bonchev–Trinajstić information content (AvgIpc) is 3.47. The number of carbonyl (C=O) groups is 1. The van der Waals surface area contributed by atoms with Gasteiger partial charge in [0.05, 0.1) is 17.9 Å². The fourth-order valence-corrected chi connectivity index (χ4v) is 5.08. The summed E-state index contributed by atoms with van der Waals surface area (Å²) < 4.78 is 34.3. The third-order valence-corrected chi connectivity index (χ3v) is 7.31. The molecule has 1 saturated carbocycles. The highest BCUT2D eigenvalue weighted by Gasteiger charge is 2.44. The number of H-pyrrole nitrogens is 1. The van der Waals surface area contributed by atoms with Crippen LogP contribution in [-0.4, -0.2) is 70.7 Å². The van der Waals surface area contributed by atoms with Gasteiger partial charge in [-0.05, 0) is 44.1 Å². The minimum absolute atomic E-state index is 0.143. The Bertz CT molecular complexity index is 1050. The zero-order chi connectivity index (χ0) is 23.9. The zero-order valence-corrected chi connectivity index (χ0v) is 19.7. The molecule has 184 valence electrons. The van der Waals surface area contributed by atoms with Crippen molar-refractivity contribution in [2.75, 3.05) is 38.7 Å². The van der Waals surface area contributed by atoms with E-state index < -0.39 is 5.92 Å². The van der Waals surface area contributed by atoms with Gasteiger partial charge in [-0.15, -0.1) is 0 Å². The Labute approximate surface area is 197 Å². The molecule has 1 atom stereocenters. The summed E-state index contributed by atoms with van der Waals surface area (Å²) in [4.78, 5) is 26.7. The largest absolute Gasteiger partial charge is 0.383 e. The highest BCUT2D eigenvalue weighted by Crippen LogP contribution is 2.42. The van der Waals surface area contributed by atoms with Crippen molar-refractivity contribution in [3.05, 3.63) is 29.2 Å². The van der Waals surface area contributed by atoms with Gasteiger partial charge in [-0.1, -0.05) is 0 Å². The Morgan fingerprint density at radius 2 is 2.18 bits per heavy atom. The van der Waals surface area contributed by atoms with Gasteiger partial charge in [0.1, 0.15) is 5.69 Å². The van der Waals surface area contributed by atoms with Gasteiger partial charge >= 0.3 is 0 Å². The summed E-state index contributed by atoms with van der Waals surface area (Å²) in [5.41, 5.74) is 1.96. The third kappa shape index (κ3) is 4.53. The van der Waals surface area contributed by atoms with Crippen LogP contribution >= 0.6 is 0 Å². The fraction of sp³-hybridized carbons (Fsp3) is 0.625. The second-order valence-electron chi connectivity index (χ2n) is 9.83. The smallest absolute Gasteiger partial charge is 0.274 e. The number of carbonyl (C=O) groups excluding carboxylic acids is 1. The molecular weight excluding hydrogens is 442 g/mol. The van der Waals surface area contributed by atoms with Gasteiger partial charge < -0.3 is 25.3 Å². The first-order valence-electron chi connectivity index (χ1n) is 12.1. The lowest BCUT2D eigenvalue weighted by molar-refractivity contribution is 0.0174. The summed E-state index contributed by atoms with van der Waals surface area (Å²) in [7, 11) is 1.60. The predicted octanol–water partition coefficient (Wildman–Crippen LogP) is 3.31. The molecule has 34 heavy (non-hydrogen) atoms. The quantitative estimate of drug-likeness (QED) is 0.570. The zero-order valence-electron chi connectivity index (χ0n) is 19.7. The first-order chi connectivity index (χ1) is 16.3. The first kappa shape index (κ1) is 23.2. The second-order valence-corrected chi connectivity index (χ2v) is 9.83. The standard InChI is InChI=1S/C24H32F2N6O2/c1-23(25,26)18-14-28-22(30-15-5-6-24(7-8-24)29-12-15)31-19(18)17-13-27-20-16(17)4-3-9-32(21(20)33)10-11-34-2/h13-15,27,29H,3-12H2,1-2H3,(H,28,30,31). The van der Waals surface area contributed by atoms with E-state index in [1.807, 2.05) is 0 Å². The number of rotatable bonds is 7. The number of alkyl halides is 2. The van der Waals surface area contributed by atoms with Crippen molar-refractivity contribution in [2.45, 2.75) is 63.0 Å². The number of ether oxygens (including phenoxy) is 1. The third-order valence-electron chi connectivity index (χ3n) is 7.31. The normalized spacial score (nSPS) is 21.9. The topological polar surface area (TPSA) is 95.2 Å². The first-order valence-corrected chi connectivity index (χ1v) is 12.1. The Balaban J connectivity index is 1.45. The number of hydrogen-bond acceptors (Lipinski definition) is 6. The van der Waals surface area contributed by atoms with E-state index in [-0.39, 0.29) is 23.2 Å². The van der Waals surface area contributed by atoms with Gasteiger partial charge in [0.15, 0.2) is 0 Å². The van der Waals surface area contributed by atoms with Gasteiger partial charge in [0.2, 0.25) is 5.95 Å². The number of hydrogen-bond donors (Lipinski definition) is 3. The number of anilines is 1. The SMILES string of the molecule is COCCN1CCCc2c(-c3nc(NC4CCC5(CC5)NC4)ncc3C(C)(F)F)c[nH]c2C1=O. The van der Waals surface area contributed by atoms with Crippen molar-refractivity contribution < 1.29 is 18.3 Å². The molecule has 3 aliphatic rings. The minimum atomic E-state index is -3.12. The second kappa shape index (κ2) is 8.88. The molecule has 1 spiro atoms. The van der Waals surface area contributed by atoms with Crippen molar-refractivity contribution in [1.82, 2.24) is 25.2 Å². The van der Waals surface area contributed by atoms with E-state index in [0.29, 0.717) is 48.9 Å². The number of nitrogens with one attached hydrogen (secondary N) is 3. The van der Waals surface area contributed by atoms with Crippen molar-refractivity contribution >= 4 is 11.9 Å². The lowest BCUT2D eigenvalue weighted by atomic mass is 9.98. The predicted molar refractivity (Wildman–Crippen MR) is 124 cm³/mol. The highest BCUT2D eigenvalue weighted by molar-refractivity contribution is 5.96. The van der Waals surface area contributed by atoms with Crippen LogP contribution in [0.25, 0.3) is 11.3 Å². The summed E-state index contributed by atoms with van der Waals surface area (Å²) in [5, 5.41) is 6.92. The lowest BCUT2D eigenvalue weighted by Crippen LogP contribution is -2.46. The van der Waals surface area contributed by atoms with Crippen molar-refractivity contribution in [1.29, 1.82) is 0 Å². The maximum atomic E-state index is 14.6.